The smallest absolute Gasteiger partial charge is 0.254 e. The molecule has 2 fully saturated rings. The Balaban J connectivity index is 1.28. The quantitative estimate of drug-likeness (QED) is 0.590. The molecule has 31 heavy (non-hydrogen) atoms. The van der Waals surface area contributed by atoms with Gasteiger partial charge in [0.25, 0.3) is 5.91 Å². The summed E-state index contributed by atoms with van der Waals surface area (Å²) in [6, 6.07) is 10.1. The molecule has 0 unspecified atom stereocenters. The normalized spacial score (nSPS) is 18.0. The van der Waals surface area contributed by atoms with Crippen molar-refractivity contribution in [1.82, 2.24) is 19.8 Å². The Bertz CT molecular complexity index is 1100. The van der Waals surface area contributed by atoms with Gasteiger partial charge in [-0.15, -0.1) is 11.3 Å². The molecule has 1 saturated heterocycles. The highest BCUT2D eigenvalue weighted by atomic mass is 32.1. The molecule has 162 valence electrons. The number of para-hydroxylation sites is 1. The third-order valence-electron chi connectivity index (χ3n) is 6.20. The number of thiazole rings is 1. The number of hydrogen-bond donors (Lipinski definition) is 0. The predicted molar refractivity (Wildman–Crippen MR) is 126 cm³/mol. The maximum atomic E-state index is 13.5. The second-order valence-corrected chi connectivity index (χ2v) is 10.7. The zero-order chi connectivity index (χ0) is 21.6. The van der Waals surface area contributed by atoms with Gasteiger partial charge in [-0.1, -0.05) is 39.0 Å². The first-order chi connectivity index (χ1) is 14.9. The van der Waals surface area contributed by atoms with E-state index in [1.165, 1.54) is 17.8 Å². The van der Waals surface area contributed by atoms with Crippen molar-refractivity contribution in [3.8, 4) is 0 Å². The number of carbonyl (C=O) groups excluding carboxylic acids is 1. The Hall–Kier alpha value is -2.31. The van der Waals surface area contributed by atoms with Crippen molar-refractivity contribution in [2.24, 2.45) is 0 Å². The van der Waals surface area contributed by atoms with Crippen LogP contribution in [0.5, 0.6) is 0 Å². The third-order valence-corrected chi connectivity index (χ3v) is 7.52. The fraction of sp³-hybridized carbons (Fsp3) is 0.480. The van der Waals surface area contributed by atoms with E-state index >= 15 is 0 Å². The molecule has 2 aliphatic rings. The summed E-state index contributed by atoms with van der Waals surface area (Å²) >= 11 is 1.75. The van der Waals surface area contributed by atoms with Crippen LogP contribution in [0.25, 0.3) is 10.9 Å². The second kappa shape index (κ2) is 7.99. The SMILES string of the molecule is CC(C)(C)c1nc(CN2CCN(C(=O)c3cc(C4CC4)nc4ccccc34)CC2)cs1. The van der Waals surface area contributed by atoms with Gasteiger partial charge in [-0.05, 0) is 25.0 Å². The van der Waals surface area contributed by atoms with Gasteiger partial charge >= 0.3 is 0 Å². The van der Waals surface area contributed by atoms with Gasteiger partial charge in [0.1, 0.15) is 0 Å². The largest absolute Gasteiger partial charge is 0.336 e. The van der Waals surface area contributed by atoms with E-state index in [1.54, 1.807) is 11.3 Å². The number of pyridine rings is 1. The number of aromatic nitrogens is 2. The van der Waals surface area contributed by atoms with E-state index < -0.39 is 0 Å². The zero-order valence-corrected chi connectivity index (χ0v) is 19.4. The number of hydrogen-bond acceptors (Lipinski definition) is 5. The van der Waals surface area contributed by atoms with E-state index in [9.17, 15) is 4.79 Å². The lowest BCUT2D eigenvalue weighted by atomic mass is 9.98. The van der Waals surface area contributed by atoms with Crippen LogP contribution < -0.4 is 0 Å². The average molecular weight is 435 g/mol. The van der Waals surface area contributed by atoms with Crippen LogP contribution in [-0.2, 0) is 12.0 Å². The van der Waals surface area contributed by atoms with Gasteiger partial charge in [-0.3, -0.25) is 14.7 Å². The first-order valence-corrected chi connectivity index (χ1v) is 12.1. The molecule has 3 heterocycles. The number of nitrogens with zero attached hydrogens (tertiary/aromatic N) is 4. The van der Waals surface area contributed by atoms with Crippen LogP contribution in [0.4, 0.5) is 0 Å². The van der Waals surface area contributed by atoms with Crippen molar-refractivity contribution in [3.05, 3.63) is 57.7 Å². The first kappa shape index (κ1) is 20.6. The van der Waals surface area contributed by atoms with Crippen LogP contribution >= 0.6 is 11.3 Å². The molecule has 0 N–H and O–H groups in total. The highest BCUT2D eigenvalue weighted by molar-refractivity contribution is 7.09. The molecule has 5 nitrogen and oxygen atoms in total. The minimum atomic E-state index is 0.0979. The number of piperazine rings is 1. The van der Waals surface area contributed by atoms with Crippen molar-refractivity contribution in [2.75, 3.05) is 26.2 Å². The summed E-state index contributed by atoms with van der Waals surface area (Å²) < 4.78 is 0. The van der Waals surface area contributed by atoms with Crippen molar-refractivity contribution < 1.29 is 4.79 Å². The van der Waals surface area contributed by atoms with Gasteiger partial charge in [0.2, 0.25) is 0 Å². The minimum absolute atomic E-state index is 0.0979. The molecule has 1 aliphatic heterocycles. The minimum Gasteiger partial charge on any atom is -0.336 e. The van der Waals surface area contributed by atoms with Gasteiger partial charge in [0.05, 0.1) is 21.8 Å². The number of benzene rings is 1. The fourth-order valence-corrected chi connectivity index (χ4v) is 5.09. The van der Waals surface area contributed by atoms with Crippen LogP contribution in [-0.4, -0.2) is 51.9 Å². The molecule has 6 heteroatoms. The molecule has 0 atom stereocenters. The second-order valence-electron chi connectivity index (χ2n) is 9.85. The molecule has 2 aromatic heterocycles. The lowest BCUT2D eigenvalue weighted by molar-refractivity contribution is 0.0629. The highest BCUT2D eigenvalue weighted by Crippen LogP contribution is 2.40. The van der Waals surface area contributed by atoms with E-state index in [-0.39, 0.29) is 11.3 Å². The van der Waals surface area contributed by atoms with E-state index in [2.05, 4.69) is 37.1 Å². The van der Waals surface area contributed by atoms with Gasteiger partial charge in [-0.25, -0.2) is 4.98 Å². The zero-order valence-electron chi connectivity index (χ0n) is 18.6. The lowest BCUT2D eigenvalue weighted by Gasteiger charge is -2.34. The molecule has 0 radical (unpaired) electrons. The summed E-state index contributed by atoms with van der Waals surface area (Å²) in [4.78, 5) is 27.5. The number of fused-ring (bicyclic) bond motifs is 1. The van der Waals surface area contributed by atoms with Crippen molar-refractivity contribution in [1.29, 1.82) is 0 Å². The third kappa shape index (κ3) is 4.37. The number of carbonyl (C=O) groups is 1. The molecular formula is C25H30N4OS. The van der Waals surface area contributed by atoms with Gasteiger partial charge in [0, 0.05) is 60.5 Å². The van der Waals surface area contributed by atoms with E-state index in [0.29, 0.717) is 5.92 Å². The van der Waals surface area contributed by atoms with E-state index in [4.69, 9.17) is 9.97 Å². The van der Waals surface area contributed by atoms with Crippen molar-refractivity contribution in [3.63, 3.8) is 0 Å². The van der Waals surface area contributed by atoms with Gasteiger partial charge in [-0.2, -0.15) is 0 Å². The van der Waals surface area contributed by atoms with Gasteiger partial charge < -0.3 is 4.90 Å². The molecule has 1 aliphatic carbocycles. The highest BCUT2D eigenvalue weighted by Gasteiger charge is 2.29. The fourth-order valence-electron chi connectivity index (χ4n) is 4.19. The average Bonchev–Trinajstić information content (AvgIpc) is 3.50. The lowest BCUT2D eigenvalue weighted by Crippen LogP contribution is -2.48. The summed E-state index contributed by atoms with van der Waals surface area (Å²) in [5, 5.41) is 4.34. The Morgan fingerprint density at radius 1 is 1.10 bits per heavy atom. The Kier molecular flexibility index (Phi) is 5.30. The molecule has 1 saturated carbocycles. The number of rotatable bonds is 4. The summed E-state index contributed by atoms with van der Waals surface area (Å²) in [6.07, 6.45) is 2.37. The monoisotopic (exact) mass is 434 g/mol. The maximum Gasteiger partial charge on any atom is 0.254 e. The standard InChI is InChI=1S/C25H30N4OS/c1-25(2,3)24-26-18(16-31-24)15-28-10-12-29(13-11-28)23(30)20-14-22(17-8-9-17)27-21-7-5-4-6-19(20)21/h4-7,14,16-17H,8-13,15H2,1-3H3. The molecule has 0 spiro atoms. The molecule has 1 aromatic carbocycles. The molecule has 3 aromatic rings. The first-order valence-electron chi connectivity index (χ1n) is 11.2. The molecular weight excluding hydrogens is 404 g/mol. The van der Waals surface area contributed by atoms with Crippen LogP contribution in [0.1, 0.15) is 66.3 Å². The van der Waals surface area contributed by atoms with Crippen LogP contribution in [0.2, 0.25) is 0 Å². The van der Waals surface area contributed by atoms with Crippen molar-refractivity contribution >= 4 is 28.1 Å². The predicted octanol–water partition coefficient (Wildman–Crippen LogP) is 4.82. The summed E-state index contributed by atoms with van der Waals surface area (Å²) in [6.45, 7) is 10.7. The van der Waals surface area contributed by atoms with Gasteiger partial charge in [0.15, 0.2) is 0 Å². The Labute approximate surface area is 188 Å². The van der Waals surface area contributed by atoms with Crippen molar-refractivity contribution in [2.45, 2.75) is 51.5 Å². The summed E-state index contributed by atoms with van der Waals surface area (Å²) in [5.41, 5.74) is 4.07. The Morgan fingerprint density at radius 2 is 1.84 bits per heavy atom. The van der Waals surface area contributed by atoms with Crippen LogP contribution in [0, 0.1) is 0 Å². The summed E-state index contributed by atoms with van der Waals surface area (Å²) in [5.74, 6) is 0.674. The number of amides is 1. The molecule has 0 bridgehead atoms. The summed E-state index contributed by atoms with van der Waals surface area (Å²) in [7, 11) is 0. The topological polar surface area (TPSA) is 49.3 Å². The van der Waals surface area contributed by atoms with E-state index in [1.807, 2.05) is 29.2 Å². The Morgan fingerprint density at radius 3 is 2.52 bits per heavy atom. The van der Waals surface area contributed by atoms with Crippen LogP contribution in [0.3, 0.4) is 0 Å². The molecule has 5 rings (SSSR count). The molecule has 1 amide bonds. The maximum absolute atomic E-state index is 13.5. The van der Waals surface area contributed by atoms with E-state index in [0.717, 1.165) is 60.6 Å². The van der Waals surface area contributed by atoms with Crippen LogP contribution in [0.15, 0.2) is 35.7 Å².